The molecule has 0 fully saturated rings. The summed E-state index contributed by atoms with van der Waals surface area (Å²) < 4.78 is 26.0. The van der Waals surface area contributed by atoms with E-state index in [0.29, 0.717) is 13.0 Å². The van der Waals surface area contributed by atoms with Gasteiger partial charge in [0.05, 0.1) is 10.0 Å². The van der Waals surface area contributed by atoms with Crippen LogP contribution in [-0.4, -0.2) is 21.5 Å². The van der Waals surface area contributed by atoms with Crippen LogP contribution in [0.1, 0.15) is 6.42 Å². The second kappa shape index (κ2) is 5.84. The van der Waals surface area contributed by atoms with Crippen molar-refractivity contribution < 1.29 is 8.42 Å². The minimum absolute atomic E-state index is 0.0151. The van der Waals surface area contributed by atoms with E-state index in [1.54, 1.807) is 0 Å². The lowest BCUT2D eigenvalue weighted by Crippen LogP contribution is -2.26. The molecule has 1 aromatic carbocycles. The van der Waals surface area contributed by atoms with Crippen molar-refractivity contribution in [3.8, 4) is 0 Å². The fraction of sp³-hybridized carbons (Fsp3) is 0.333. The van der Waals surface area contributed by atoms with E-state index in [2.05, 4.69) is 4.72 Å². The topological polar surface area (TPSA) is 72.2 Å². The summed E-state index contributed by atoms with van der Waals surface area (Å²) >= 11 is 11.6. The minimum Gasteiger partial charge on any atom is -0.330 e. The maximum absolute atomic E-state index is 11.8. The summed E-state index contributed by atoms with van der Waals surface area (Å²) in [5.74, 6) is 0. The second-order valence-corrected chi connectivity index (χ2v) is 5.61. The van der Waals surface area contributed by atoms with Crippen LogP contribution in [0.3, 0.4) is 0 Å². The highest BCUT2D eigenvalue weighted by Gasteiger charge is 2.18. The summed E-state index contributed by atoms with van der Waals surface area (Å²) in [5, 5.41) is 0.243. The van der Waals surface area contributed by atoms with Gasteiger partial charge in [-0.1, -0.05) is 29.3 Å². The Morgan fingerprint density at radius 3 is 2.62 bits per heavy atom. The number of sulfonamides is 1. The molecule has 0 heterocycles. The van der Waals surface area contributed by atoms with Gasteiger partial charge in [-0.15, -0.1) is 0 Å². The van der Waals surface area contributed by atoms with Crippen LogP contribution in [0.15, 0.2) is 23.1 Å². The van der Waals surface area contributed by atoms with Crippen molar-refractivity contribution in [1.82, 2.24) is 4.72 Å². The van der Waals surface area contributed by atoms with Gasteiger partial charge in [0.15, 0.2) is 0 Å². The number of rotatable bonds is 5. The van der Waals surface area contributed by atoms with Gasteiger partial charge in [-0.05, 0) is 25.1 Å². The number of hydrogen-bond acceptors (Lipinski definition) is 3. The lowest BCUT2D eigenvalue weighted by molar-refractivity contribution is 0.579. The van der Waals surface area contributed by atoms with Crippen LogP contribution >= 0.6 is 23.2 Å². The van der Waals surface area contributed by atoms with Crippen molar-refractivity contribution in [2.45, 2.75) is 11.3 Å². The standard InChI is InChI=1S/C9H12Cl2N2O2S/c10-7-3-1-4-8(9(7)11)16(14,15)13-6-2-5-12/h1,3-4,13H,2,5-6,12H2. The van der Waals surface area contributed by atoms with E-state index in [4.69, 9.17) is 28.9 Å². The predicted molar refractivity (Wildman–Crippen MR) is 65.3 cm³/mol. The van der Waals surface area contributed by atoms with E-state index in [-0.39, 0.29) is 21.5 Å². The highest BCUT2D eigenvalue weighted by atomic mass is 35.5. The molecule has 90 valence electrons. The van der Waals surface area contributed by atoms with Gasteiger partial charge in [-0.3, -0.25) is 0 Å². The lowest BCUT2D eigenvalue weighted by Gasteiger charge is -2.08. The van der Waals surface area contributed by atoms with E-state index in [0.717, 1.165) is 0 Å². The van der Waals surface area contributed by atoms with Crippen LogP contribution in [-0.2, 0) is 10.0 Å². The molecule has 0 aliphatic carbocycles. The number of nitrogens with one attached hydrogen (secondary N) is 1. The van der Waals surface area contributed by atoms with Crippen LogP contribution < -0.4 is 10.5 Å². The molecule has 0 spiro atoms. The molecule has 0 unspecified atom stereocenters. The van der Waals surface area contributed by atoms with Crippen molar-refractivity contribution in [2.24, 2.45) is 5.73 Å². The average molecular weight is 283 g/mol. The summed E-state index contributed by atoms with van der Waals surface area (Å²) in [5.41, 5.74) is 5.27. The monoisotopic (exact) mass is 282 g/mol. The molecular weight excluding hydrogens is 271 g/mol. The molecule has 0 saturated carbocycles. The molecule has 0 aromatic heterocycles. The van der Waals surface area contributed by atoms with Gasteiger partial charge in [-0.2, -0.15) is 0 Å². The third-order valence-electron chi connectivity index (χ3n) is 1.88. The molecule has 7 heteroatoms. The van der Waals surface area contributed by atoms with Crippen molar-refractivity contribution >= 4 is 33.2 Å². The zero-order chi connectivity index (χ0) is 12.2. The maximum atomic E-state index is 11.8. The SMILES string of the molecule is NCCCNS(=O)(=O)c1cccc(Cl)c1Cl. The van der Waals surface area contributed by atoms with Crippen LogP contribution in [0, 0.1) is 0 Å². The second-order valence-electron chi connectivity index (χ2n) is 3.09. The molecule has 1 rings (SSSR count). The normalized spacial score (nSPS) is 11.7. The van der Waals surface area contributed by atoms with E-state index in [9.17, 15) is 8.42 Å². The van der Waals surface area contributed by atoms with Gasteiger partial charge in [0.1, 0.15) is 4.90 Å². The summed E-state index contributed by atoms with van der Waals surface area (Å²) in [6.45, 7) is 0.702. The minimum atomic E-state index is -3.61. The van der Waals surface area contributed by atoms with Crippen molar-refractivity contribution in [3.05, 3.63) is 28.2 Å². The zero-order valence-corrected chi connectivity index (χ0v) is 10.7. The average Bonchev–Trinajstić information content (AvgIpc) is 2.22. The highest BCUT2D eigenvalue weighted by Crippen LogP contribution is 2.28. The Kier molecular flexibility index (Phi) is 5.01. The molecule has 0 bridgehead atoms. The highest BCUT2D eigenvalue weighted by molar-refractivity contribution is 7.89. The Bertz CT molecular complexity index is 463. The molecule has 0 aliphatic heterocycles. The molecule has 4 nitrogen and oxygen atoms in total. The van der Waals surface area contributed by atoms with Gasteiger partial charge < -0.3 is 5.73 Å². The fourth-order valence-electron chi connectivity index (χ4n) is 1.08. The summed E-state index contributed by atoms with van der Waals surface area (Å²) in [4.78, 5) is -0.0151. The van der Waals surface area contributed by atoms with E-state index >= 15 is 0 Å². The van der Waals surface area contributed by atoms with Gasteiger partial charge in [0, 0.05) is 6.54 Å². The van der Waals surface area contributed by atoms with Crippen LogP contribution in [0.5, 0.6) is 0 Å². The van der Waals surface area contributed by atoms with Crippen molar-refractivity contribution in [3.63, 3.8) is 0 Å². The van der Waals surface area contributed by atoms with Crippen molar-refractivity contribution in [1.29, 1.82) is 0 Å². The number of halogens is 2. The maximum Gasteiger partial charge on any atom is 0.242 e. The van der Waals surface area contributed by atoms with Crippen LogP contribution in [0.4, 0.5) is 0 Å². The Morgan fingerprint density at radius 2 is 2.00 bits per heavy atom. The van der Waals surface area contributed by atoms with Crippen molar-refractivity contribution in [2.75, 3.05) is 13.1 Å². The first-order valence-electron chi connectivity index (χ1n) is 4.63. The van der Waals surface area contributed by atoms with E-state index < -0.39 is 10.0 Å². The third kappa shape index (κ3) is 3.33. The first-order valence-corrected chi connectivity index (χ1v) is 6.86. The molecule has 3 N–H and O–H groups in total. The third-order valence-corrected chi connectivity index (χ3v) is 4.31. The zero-order valence-electron chi connectivity index (χ0n) is 8.41. The molecular formula is C9H12Cl2N2O2S. The largest absolute Gasteiger partial charge is 0.330 e. The lowest BCUT2D eigenvalue weighted by atomic mass is 10.4. The molecule has 0 atom stereocenters. The Morgan fingerprint density at radius 1 is 1.31 bits per heavy atom. The quantitative estimate of drug-likeness (QED) is 0.806. The number of benzene rings is 1. The smallest absolute Gasteiger partial charge is 0.242 e. The van der Waals surface area contributed by atoms with Gasteiger partial charge in [-0.25, -0.2) is 13.1 Å². The van der Waals surface area contributed by atoms with E-state index in [1.807, 2.05) is 0 Å². The molecule has 0 aliphatic rings. The molecule has 16 heavy (non-hydrogen) atoms. The summed E-state index contributed by atoms with van der Waals surface area (Å²) in [7, 11) is -3.61. The van der Waals surface area contributed by atoms with Crippen LogP contribution in [0.2, 0.25) is 10.0 Å². The Labute approximate surface area is 105 Å². The Hall–Kier alpha value is -0.330. The molecule has 0 saturated heterocycles. The summed E-state index contributed by atoms with van der Waals surface area (Å²) in [6.07, 6.45) is 0.567. The van der Waals surface area contributed by atoms with Gasteiger partial charge in [0.2, 0.25) is 10.0 Å². The first-order chi connectivity index (χ1) is 7.49. The molecule has 1 aromatic rings. The number of nitrogens with two attached hydrogens (primary N) is 1. The van der Waals surface area contributed by atoms with Gasteiger partial charge in [0.25, 0.3) is 0 Å². The van der Waals surface area contributed by atoms with E-state index in [1.165, 1.54) is 18.2 Å². The Balaban J connectivity index is 2.94. The first kappa shape index (κ1) is 13.7. The summed E-state index contributed by atoms with van der Waals surface area (Å²) in [6, 6.07) is 4.47. The van der Waals surface area contributed by atoms with Gasteiger partial charge >= 0.3 is 0 Å². The number of hydrogen-bond donors (Lipinski definition) is 2. The molecule has 0 amide bonds. The fourth-order valence-corrected chi connectivity index (χ4v) is 2.91. The van der Waals surface area contributed by atoms with Crippen LogP contribution in [0.25, 0.3) is 0 Å². The molecule has 0 radical (unpaired) electrons. The predicted octanol–water partition coefficient (Wildman–Crippen LogP) is 1.62.